The second-order valence-corrected chi connectivity index (χ2v) is 5.72. The Hall–Kier alpha value is -1.24. The van der Waals surface area contributed by atoms with E-state index in [1.165, 1.54) is 25.0 Å². The topological polar surface area (TPSA) is 72.0 Å². The average Bonchev–Trinajstić information content (AvgIpc) is 2.51. The molecule has 0 bridgehead atoms. The van der Waals surface area contributed by atoms with Gasteiger partial charge in [0.2, 0.25) is 11.9 Å². The van der Waals surface area contributed by atoms with Crippen LogP contribution in [0.1, 0.15) is 39.0 Å². The molecule has 7 heteroatoms. The lowest BCUT2D eigenvalue weighted by atomic mass is 10.2. The van der Waals surface area contributed by atoms with Crippen LogP contribution in [0.2, 0.25) is 0 Å². The van der Waals surface area contributed by atoms with E-state index >= 15 is 0 Å². The van der Waals surface area contributed by atoms with E-state index in [1.54, 1.807) is 7.11 Å². The summed E-state index contributed by atoms with van der Waals surface area (Å²) in [6.07, 6.45) is 8.11. The molecule has 0 saturated carbocycles. The van der Waals surface area contributed by atoms with E-state index in [-0.39, 0.29) is 0 Å². The summed E-state index contributed by atoms with van der Waals surface area (Å²) in [6, 6.07) is 0.339. The third kappa shape index (κ3) is 7.94. The van der Waals surface area contributed by atoms with Gasteiger partial charge < -0.3 is 15.4 Å². The lowest BCUT2D eigenvalue weighted by Crippen LogP contribution is -2.11. The first-order valence-corrected chi connectivity index (χ1v) is 8.96. The van der Waals surface area contributed by atoms with Gasteiger partial charge in [-0.2, -0.15) is 26.7 Å². The maximum atomic E-state index is 5.10. The molecule has 0 amide bonds. The molecular formula is C14H27N5OS. The number of hydrogen-bond donors (Lipinski definition) is 2. The molecule has 1 rings (SSSR count). The largest absolute Gasteiger partial charge is 0.467 e. The van der Waals surface area contributed by atoms with Gasteiger partial charge in [0.1, 0.15) is 0 Å². The predicted molar refractivity (Wildman–Crippen MR) is 90.5 cm³/mol. The molecule has 120 valence electrons. The number of aromatic nitrogens is 3. The molecule has 0 spiro atoms. The molecule has 0 aliphatic heterocycles. The zero-order valence-electron chi connectivity index (χ0n) is 13.3. The smallest absolute Gasteiger partial charge is 0.322 e. The van der Waals surface area contributed by atoms with Gasteiger partial charge in [-0.1, -0.05) is 19.8 Å². The van der Waals surface area contributed by atoms with Crippen molar-refractivity contribution in [3.8, 4) is 6.01 Å². The lowest BCUT2D eigenvalue weighted by molar-refractivity contribution is 0.379. The molecule has 0 aliphatic rings. The van der Waals surface area contributed by atoms with Crippen molar-refractivity contribution >= 4 is 23.7 Å². The van der Waals surface area contributed by atoms with Gasteiger partial charge in [0.25, 0.3) is 0 Å². The highest BCUT2D eigenvalue weighted by atomic mass is 32.2. The highest BCUT2D eigenvalue weighted by Crippen LogP contribution is 2.11. The Labute approximate surface area is 131 Å². The quantitative estimate of drug-likeness (QED) is 0.575. The first-order valence-electron chi connectivity index (χ1n) is 7.57. The molecule has 0 saturated heterocycles. The summed E-state index contributed by atoms with van der Waals surface area (Å²) in [5.41, 5.74) is 0. The van der Waals surface area contributed by atoms with Crippen LogP contribution in [0.5, 0.6) is 6.01 Å². The average molecular weight is 313 g/mol. The molecule has 0 radical (unpaired) electrons. The van der Waals surface area contributed by atoms with Gasteiger partial charge >= 0.3 is 6.01 Å². The summed E-state index contributed by atoms with van der Waals surface area (Å²) < 4.78 is 5.10. The van der Waals surface area contributed by atoms with E-state index in [0.29, 0.717) is 17.9 Å². The number of rotatable bonds is 12. The Morgan fingerprint density at radius 3 is 2.24 bits per heavy atom. The molecule has 1 aromatic heterocycles. The number of unbranched alkanes of at least 4 members (excludes halogenated alkanes) is 3. The van der Waals surface area contributed by atoms with Crippen LogP contribution in [0.4, 0.5) is 11.9 Å². The van der Waals surface area contributed by atoms with Gasteiger partial charge in [-0.25, -0.2) is 0 Å². The zero-order chi connectivity index (χ0) is 15.3. The fourth-order valence-corrected chi connectivity index (χ4v) is 2.26. The predicted octanol–water partition coefficient (Wildman–Crippen LogP) is 3.04. The fraction of sp³-hybridized carbons (Fsp3) is 0.786. The van der Waals surface area contributed by atoms with Crippen molar-refractivity contribution in [2.45, 2.75) is 39.0 Å². The lowest BCUT2D eigenvalue weighted by Gasteiger charge is -2.09. The molecule has 1 heterocycles. The van der Waals surface area contributed by atoms with E-state index in [2.05, 4.69) is 38.8 Å². The van der Waals surface area contributed by atoms with E-state index in [1.807, 2.05) is 11.8 Å². The fourth-order valence-electron chi connectivity index (χ4n) is 1.77. The molecular weight excluding hydrogens is 286 g/mol. The van der Waals surface area contributed by atoms with Gasteiger partial charge in [0, 0.05) is 13.1 Å². The van der Waals surface area contributed by atoms with Crippen LogP contribution in [-0.4, -0.2) is 47.2 Å². The zero-order valence-corrected chi connectivity index (χ0v) is 14.1. The van der Waals surface area contributed by atoms with Crippen molar-refractivity contribution in [2.75, 3.05) is 42.8 Å². The summed E-state index contributed by atoms with van der Waals surface area (Å²) in [7, 11) is 1.56. The van der Waals surface area contributed by atoms with Gasteiger partial charge in [0.05, 0.1) is 7.11 Å². The normalized spacial score (nSPS) is 10.4. The van der Waals surface area contributed by atoms with Gasteiger partial charge in [0.15, 0.2) is 0 Å². The minimum Gasteiger partial charge on any atom is -0.467 e. The van der Waals surface area contributed by atoms with Crippen LogP contribution >= 0.6 is 11.8 Å². The number of thioether (sulfide) groups is 1. The summed E-state index contributed by atoms with van der Waals surface area (Å²) in [6.45, 7) is 3.81. The first kappa shape index (κ1) is 17.8. The SMILES string of the molecule is CCCNc1nc(NCCCCCCSC)nc(OC)n1. The number of hydrogen-bond acceptors (Lipinski definition) is 7. The Morgan fingerprint density at radius 1 is 0.952 bits per heavy atom. The molecule has 0 aliphatic carbocycles. The van der Waals surface area contributed by atoms with Crippen LogP contribution in [0.25, 0.3) is 0 Å². The molecule has 2 N–H and O–H groups in total. The van der Waals surface area contributed by atoms with Crippen molar-refractivity contribution in [1.82, 2.24) is 15.0 Å². The van der Waals surface area contributed by atoms with E-state index < -0.39 is 0 Å². The maximum absolute atomic E-state index is 5.10. The number of anilines is 2. The minimum absolute atomic E-state index is 0.339. The molecule has 21 heavy (non-hydrogen) atoms. The van der Waals surface area contributed by atoms with Crippen LogP contribution in [0, 0.1) is 0 Å². The third-order valence-corrected chi connectivity index (χ3v) is 3.59. The van der Waals surface area contributed by atoms with Crippen LogP contribution < -0.4 is 15.4 Å². The third-order valence-electron chi connectivity index (χ3n) is 2.89. The van der Waals surface area contributed by atoms with Crippen molar-refractivity contribution in [2.24, 2.45) is 0 Å². The van der Waals surface area contributed by atoms with Gasteiger partial charge in [-0.05, 0) is 31.3 Å². The summed E-state index contributed by atoms with van der Waals surface area (Å²) in [5.74, 6) is 2.39. The highest BCUT2D eigenvalue weighted by molar-refractivity contribution is 7.98. The van der Waals surface area contributed by atoms with Gasteiger partial charge in [-0.3, -0.25) is 0 Å². The first-order chi connectivity index (χ1) is 10.3. The van der Waals surface area contributed by atoms with Crippen molar-refractivity contribution in [3.05, 3.63) is 0 Å². The maximum Gasteiger partial charge on any atom is 0.322 e. The molecule has 0 atom stereocenters. The minimum atomic E-state index is 0.339. The monoisotopic (exact) mass is 313 g/mol. The molecule has 0 fully saturated rings. The van der Waals surface area contributed by atoms with Crippen molar-refractivity contribution in [3.63, 3.8) is 0 Å². The van der Waals surface area contributed by atoms with Gasteiger partial charge in [-0.15, -0.1) is 0 Å². The van der Waals surface area contributed by atoms with Crippen molar-refractivity contribution in [1.29, 1.82) is 0 Å². The number of nitrogens with one attached hydrogen (secondary N) is 2. The molecule has 1 aromatic rings. The number of methoxy groups -OCH3 is 1. The Morgan fingerprint density at radius 2 is 1.62 bits per heavy atom. The number of nitrogens with zero attached hydrogens (tertiary/aromatic N) is 3. The van der Waals surface area contributed by atoms with Crippen LogP contribution in [0.3, 0.4) is 0 Å². The summed E-state index contributed by atoms with van der Waals surface area (Å²) in [5, 5.41) is 6.39. The second kappa shape index (κ2) is 11.4. The summed E-state index contributed by atoms with van der Waals surface area (Å²) in [4.78, 5) is 12.7. The Bertz CT molecular complexity index is 392. The second-order valence-electron chi connectivity index (χ2n) is 4.73. The standard InChI is InChI=1S/C14H27N5OS/c1-4-9-15-12-17-13(19-14(18-12)20-2)16-10-7-5-6-8-11-21-3/h4-11H2,1-3H3,(H2,15,16,17,18,19). The van der Waals surface area contributed by atoms with Crippen LogP contribution in [0.15, 0.2) is 0 Å². The Kier molecular flexibility index (Phi) is 9.69. The molecule has 0 aromatic carbocycles. The molecule has 6 nitrogen and oxygen atoms in total. The van der Waals surface area contributed by atoms with Crippen molar-refractivity contribution < 1.29 is 4.74 Å². The van der Waals surface area contributed by atoms with E-state index in [4.69, 9.17) is 4.74 Å². The Balaban J connectivity index is 2.35. The number of ether oxygens (including phenoxy) is 1. The summed E-state index contributed by atoms with van der Waals surface area (Å²) >= 11 is 1.91. The molecule has 0 unspecified atom stereocenters. The van der Waals surface area contributed by atoms with E-state index in [9.17, 15) is 0 Å². The van der Waals surface area contributed by atoms with Crippen LogP contribution in [-0.2, 0) is 0 Å². The van der Waals surface area contributed by atoms with E-state index in [0.717, 1.165) is 25.9 Å². The highest BCUT2D eigenvalue weighted by Gasteiger charge is 2.05.